The van der Waals surface area contributed by atoms with Crippen LogP contribution in [0, 0.1) is 0 Å². The number of rotatable bonds is 4. The van der Waals surface area contributed by atoms with Gasteiger partial charge in [-0.3, -0.25) is 0 Å². The van der Waals surface area contributed by atoms with Crippen LogP contribution in [0.25, 0.3) is 16.2 Å². The molecule has 1 aliphatic carbocycles. The fourth-order valence-electron chi connectivity index (χ4n) is 2.82. The van der Waals surface area contributed by atoms with Gasteiger partial charge < -0.3 is 9.84 Å². The van der Waals surface area contributed by atoms with Crippen LogP contribution >= 0.6 is 11.3 Å². The van der Waals surface area contributed by atoms with Gasteiger partial charge in [0.05, 0.1) is 19.4 Å². The van der Waals surface area contributed by atoms with Gasteiger partial charge in [-0.2, -0.15) is 5.10 Å². The molecule has 2 aromatic heterocycles. The molecule has 4 rings (SSSR count). The number of methoxy groups -OCH3 is 1. The molecule has 1 fully saturated rings. The van der Waals surface area contributed by atoms with E-state index in [-0.39, 0.29) is 6.61 Å². The number of hydrogen-bond acceptors (Lipinski definition) is 5. The summed E-state index contributed by atoms with van der Waals surface area (Å²) in [6, 6.07) is 7.72. The van der Waals surface area contributed by atoms with Gasteiger partial charge in [0, 0.05) is 11.5 Å². The second kappa shape index (κ2) is 5.37. The minimum atomic E-state index is -0.0949. The van der Waals surface area contributed by atoms with Crippen molar-refractivity contribution in [3.05, 3.63) is 35.0 Å². The quantitative estimate of drug-likeness (QED) is 0.803. The highest BCUT2D eigenvalue weighted by Gasteiger charge is 2.26. The van der Waals surface area contributed by atoms with Crippen molar-refractivity contribution >= 4 is 16.3 Å². The molecule has 5 nitrogen and oxygen atoms in total. The molecule has 1 saturated carbocycles. The van der Waals surface area contributed by atoms with Crippen molar-refractivity contribution in [3.63, 3.8) is 0 Å². The molecule has 1 N–H and O–H groups in total. The number of aromatic nitrogens is 3. The molecule has 0 atom stereocenters. The number of hydrogen-bond donors (Lipinski definition) is 1. The Labute approximate surface area is 132 Å². The first-order valence-corrected chi connectivity index (χ1v) is 8.26. The van der Waals surface area contributed by atoms with Gasteiger partial charge in [0.15, 0.2) is 0 Å². The minimum absolute atomic E-state index is 0.0949. The smallest absolute Gasteiger partial charge is 0.213 e. The van der Waals surface area contributed by atoms with Crippen molar-refractivity contribution in [1.82, 2.24) is 14.6 Å². The van der Waals surface area contributed by atoms with E-state index in [0.717, 1.165) is 32.7 Å². The third-order valence-electron chi connectivity index (χ3n) is 4.28. The molecule has 1 aliphatic rings. The number of benzene rings is 1. The van der Waals surface area contributed by atoms with Gasteiger partial charge in [-0.05, 0) is 25.0 Å². The Bertz CT molecular complexity index is 820. The van der Waals surface area contributed by atoms with Crippen molar-refractivity contribution < 1.29 is 9.84 Å². The fraction of sp³-hybridized carbons (Fsp3) is 0.375. The summed E-state index contributed by atoms with van der Waals surface area (Å²) in [5, 5.41) is 15.6. The third kappa shape index (κ3) is 2.02. The molecule has 0 bridgehead atoms. The van der Waals surface area contributed by atoms with E-state index in [2.05, 4.69) is 5.10 Å². The summed E-state index contributed by atoms with van der Waals surface area (Å²) in [5.74, 6) is 1.33. The molecule has 3 aromatic rings. The van der Waals surface area contributed by atoms with Gasteiger partial charge in [0.2, 0.25) is 4.96 Å². The highest BCUT2D eigenvalue weighted by molar-refractivity contribution is 7.16. The number of fused-ring (bicyclic) bond motifs is 1. The maximum atomic E-state index is 9.81. The summed E-state index contributed by atoms with van der Waals surface area (Å²) in [4.78, 5) is 5.54. The third-order valence-corrected chi connectivity index (χ3v) is 5.35. The molecule has 0 radical (unpaired) electrons. The standard InChI is InChI=1S/C16H17N3O2S/c1-21-13-8-3-2-7-11(13)14-12(9-20)19-16(17-14)22-15(18-19)10-5-4-6-10/h2-3,7-8,10,20H,4-6,9H2,1H3. The van der Waals surface area contributed by atoms with Crippen LogP contribution in [0.5, 0.6) is 5.75 Å². The summed E-state index contributed by atoms with van der Waals surface area (Å²) in [6.45, 7) is -0.0949. The Balaban J connectivity index is 1.85. The fourth-order valence-corrected chi connectivity index (χ4v) is 3.91. The molecule has 114 valence electrons. The van der Waals surface area contributed by atoms with Crippen LogP contribution in [-0.4, -0.2) is 26.8 Å². The SMILES string of the molecule is COc1ccccc1-c1nc2sc(C3CCC3)nn2c1CO. The lowest BCUT2D eigenvalue weighted by Crippen LogP contribution is -2.09. The van der Waals surface area contributed by atoms with E-state index in [4.69, 9.17) is 9.72 Å². The van der Waals surface area contributed by atoms with Crippen molar-refractivity contribution in [3.8, 4) is 17.0 Å². The van der Waals surface area contributed by atoms with Gasteiger partial charge in [0.25, 0.3) is 0 Å². The lowest BCUT2D eigenvalue weighted by Gasteiger charge is -2.21. The highest BCUT2D eigenvalue weighted by atomic mass is 32.1. The molecule has 6 heteroatoms. The average molecular weight is 315 g/mol. The Morgan fingerprint density at radius 1 is 1.36 bits per heavy atom. The maximum absolute atomic E-state index is 9.81. The van der Waals surface area contributed by atoms with E-state index in [0.29, 0.717) is 5.92 Å². The van der Waals surface area contributed by atoms with Gasteiger partial charge in [-0.1, -0.05) is 29.9 Å². The van der Waals surface area contributed by atoms with Crippen LogP contribution in [0.1, 0.15) is 35.9 Å². The second-order valence-electron chi connectivity index (χ2n) is 5.53. The van der Waals surface area contributed by atoms with Gasteiger partial charge >= 0.3 is 0 Å². The largest absolute Gasteiger partial charge is 0.496 e. The molecule has 2 heterocycles. The zero-order valence-electron chi connectivity index (χ0n) is 12.3. The molecule has 22 heavy (non-hydrogen) atoms. The molecular formula is C16H17N3O2S. The number of imidazole rings is 1. The van der Waals surface area contributed by atoms with E-state index in [1.54, 1.807) is 23.0 Å². The summed E-state index contributed by atoms with van der Waals surface area (Å²) in [6.07, 6.45) is 3.71. The van der Waals surface area contributed by atoms with E-state index < -0.39 is 0 Å². The number of nitrogens with zero attached hydrogens (tertiary/aromatic N) is 3. The minimum Gasteiger partial charge on any atom is -0.496 e. The molecule has 0 unspecified atom stereocenters. The predicted molar refractivity (Wildman–Crippen MR) is 85.4 cm³/mol. The maximum Gasteiger partial charge on any atom is 0.213 e. The zero-order valence-corrected chi connectivity index (χ0v) is 13.1. The van der Waals surface area contributed by atoms with Gasteiger partial charge in [0.1, 0.15) is 16.5 Å². The molecule has 0 aliphatic heterocycles. The highest BCUT2D eigenvalue weighted by Crippen LogP contribution is 2.40. The molecule has 1 aromatic carbocycles. The number of ether oxygens (including phenoxy) is 1. The van der Waals surface area contributed by atoms with E-state index in [1.165, 1.54) is 19.3 Å². The first kappa shape index (κ1) is 13.7. The monoisotopic (exact) mass is 315 g/mol. The summed E-state index contributed by atoms with van der Waals surface area (Å²) in [5.41, 5.74) is 2.36. The van der Waals surface area contributed by atoms with Gasteiger partial charge in [-0.25, -0.2) is 9.50 Å². The Morgan fingerprint density at radius 2 is 2.18 bits per heavy atom. The van der Waals surface area contributed by atoms with Crippen molar-refractivity contribution in [2.75, 3.05) is 7.11 Å². The first-order valence-electron chi connectivity index (χ1n) is 7.44. The number of aliphatic hydroxyl groups is 1. The van der Waals surface area contributed by atoms with Crippen LogP contribution in [0.2, 0.25) is 0 Å². The topological polar surface area (TPSA) is 59.7 Å². The van der Waals surface area contributed by atoms with E-state index in [9.17, 15) is 5.11 Å². The van der Waals surface area contributed by atoms with Crippen LogP contribution in [-0.2, 0) is 6.61 Å². The van der Waals surface area contributed by atoms with Gasteiger partial charge in [-0.15, -0.1) is 0 Å². The second-order valence-corrected chi connectivity index (χ2v) is 6.52. The number of aliphatic hydroxyl groups excluding tert-OH is 1. The van der Waals surface area contributed by atoms with Crippen LogP contribution in [0.3, 0.4) is 0 Å². The molecule has 0 spiro atoms. The van der Waals surface area contributed by atoms with Crippen molar-refractivity contribution in [2.24, 2.45) is 0 Å². The lowest BCUT2D eigenvalue weighted by molar-refractivity contribution is 0.274. The Hall–Kier alpha value is -1.92. The van der Waals surface area contributed by atoms with Crippen LogP contribution in [0.15, 0.2) is 24.3 Å². The van der Waals surface area contributed by atoms with Crippen molar-refractivity contribution in [2.45, 2.75) is 31.8 Å². The van der Waals surface area contributed by atoms with Crippen molar-refractivity contribution in [1.29, 1.82) is 0 Å². The van der Waals surface area contributed by atoms with E-state index in [1.807, 2.05) is 24.3 Å². The zero-order chi connectivity index (χ0) is 15.1. The lowest BCUT2D eigenvalue weighted by atomic mass is 9.86. The normalized spacial score (nSPS) is 15.2. The summed E-state index contributed by atoms with van der Waals surface area (Å²) in [7, 11) is 1.64. The first-order chi connectivity index (χ1) is 10.8. The summed E-state index contributed by atoms with van der Waals surface area (Å²) >= 11 is 1.63. The molecular weight excluding hydrogens is 298 g/mol. The van der Waals surface area contributed by atoms with Crippen LogP contribution in [0.4, 0.5) is 0 Å². The Morgan fingerprint density at radius 3 is 2.86 bits per heavy atom. The molecule has 0 saturated heterocycles. The van der Waals surface area contributed by atoms with E-state index >= 15 is 0 Å². The Kier molecular flexibility index (Phi) is 3.35. The average Bonchev–Trinajstić information content (AvgIpc) is 3.02. The number of para-hydroxylation sites is 1. The summed E-state index contributed by atoms with van der Waals surface area (Å²) < 4.78 is 7.20. The van der Waals surface area contributed by atoms with Crippen LogP contribution < -0.4 is 4.74 Å². The predicted octanol–water partition coefficient (Wildman–Crippen LogP) is 3.23. The molecule has 0 amide bonds.